The maximum Gasteiger partial charge on any atom is 0.0991 e. The van der Waals surface area contributed by atoms with E-state index in [-0.39, 0.29) is 0 Å². The lowest BCUT2D eigenvalue weighted by Gasteiger charge is -2.06. The maximum atomic E-state index is 8.95. The van der Waals surface area contributed by atoms with E-state index < -0.39 is 0 Å². The Kier molecular flexibility index (Phi) is 3.40. The molecule has 0 aliphatic rings. The third kappa shape index (κ3) is 2.37. The third-order valence-corrected chi connectivity index (χ3v) is 4.25. The lowest BCUT2D eigenvalue weighted by atomic mass is 10.1. The Morgan fingerprint density at radius 3 is 2.38 bits per heavy atom. The quantitative estimate of drug-likeness (QED) is 0.564. The van der Waals surface area contributed by atoms with Crippen LogP contribution in [0.5, 0.6) is 0 Å². The predicted molar refractivity (Wildman–Crippen MR) is 94.4 cm³/mol. The zero-order valence-electron chi connectivity index (χ0n) is 13.3. The Hall–Kier alpha value is -3.32. The van der Waals surface area contributed by atoms with E-state index in [4.69, 9.17) is 5.26 Å². The van der Waals surface area contributed by atoms with Crippen LogP contribution in [0.4, 0.5) is 0 Å². The van der Waals surface area contributed by atoms with Crippen LogP contribution in [0, 0.1) is 11.3 Å². The number of fused-ring (bicyclic) bond motifs is 1. The first-order chi connectivity index (χ1) is 11.8. The van der Waals surface area contributed by atoms with Gasteiger partial charge in [0, 0.05) is 35.6 Å². The molecule has 0 aliphatic heterocycles. The zero-order valence-corrected chi connectivity index (χ0v) is 13.3. The summed E-state index contributed by atoms with van der Waals surface area (Å²) in [4.78, 5) is 0. The van der Waals surface area contributed by atoms with Gasteiger partial charge in [0.2, 0.25) is 0 Å². The van der Waals surface area contributed by atoms with Gasteiger partial charge in [-0.1, -0.05) is 18.2 Å². The van der Waals surface area contributed by atoms with Gasteiger partial charge in [-0.3, -0.25) is 4.68 Å². The number of pyridine rings is 1. The number of rotatable bonds is 3. The fourth-order valence-electron chi connectivity index (χ4n) is 2.91. The van der Waals surface area contributed by atoms with Crippen LogP contribution in [-0.2, 0) is 6.54 Å². The monoisotopic (exact) mass is 312 g/mol. The maximum absolute atomic E-state index is 8.95. The normalized spacial score (nSPS) is 10.8. The lowest BCUT2D eigenvalue weighted by molar-refractivity contribution is 0.660. The van der Waals surface area contributed by atoms with Gasteiger partial charge in [-0.05, 0) is 42.8 Å². The Balaban J connectivity index is 1.82. The first-order valence-corrected chi connectivity index (χ1v) is 7.93. The molecule has 0 fully saturated rings. The van der Waals surface area contributed by atoms with Gasteiger partial charge in [-0.25, -0.2) is 0 Å². The highest BCUT2D eigenvalue weighted by Crippen LogP contribution is 2.26. The second kappa shape index (κ2) is 5.71. The van der Waals surface area contributed by atoms with Gasteiger partial charge < -0.3 is 4.40 Å². The summed E-state index contributed by atoms with van der Waals surface area (Å²) in [6, 6.07) is 18.3. The van der Waals surface area contributed by atoms with Crippen molar-refractivity contribution < 1.29 is 0 Å². The molecule has 0 radical (unpaired) electrons. The molecule has 0 bridgehead atoms. The van der Waals surface area contributed by atoms with Gasteiger partial charge >= 0.3 is 0 Å². The standard InChI is InChI=1S/C20H16N4/c1-2-23-13-18(12-22-23)17-7-8-19-9-10-20(24(19)14-17)16-5-3-15(11-21)4-6-16/h3-10,12-14H,2H2,1H3. The second-order valence-corrected chi connectivity index (χ2v) is 5.71. The first-order valence-electron chi connectivity index (χ1n) is 7.93. The van der Waals surface area contributed by atoms with E-state index in [1.165, 1.54) is 0 Å². The molecule has 0 spiro atoms. The van der Waals surface area contributed by atoms with Crippen LogP contribution in [0.1, 0.15) is 12.5 Å². The van der Waals surface area contributed by atoms with Gasteiger partial charge in [0.25, 0.3) is 0 Å². The van der Waals surface area contributed by atoms with Crippen molar-refractivity contribution in [1.29, 1.82) is 5.26 Å². The van der Waals surface area contributed by atoms with Crippen LogP contribution in [0.25, 0.3) is 27.9 Å². The molecule has 0 saturated heterocycles. The summed E-state index contributed by atoms with van der Waals surface area (Å²) >= 11 is 0. The molecule has 24 heavy (non-hydrogen) atoms. The summed E-state index contributed by atoms with van der Waals surface area (Å²) in [5.74, 6) is 0. The zero-order chi connectivity index (χ0) is 16.5. The largest absolute Gasteiger partial charge is 0.316 e. The summed E-state index contributed by atoms with van der Waals surface area (Å²) in [5, 5.41) is 13.3. The number of benzene rings is 1. The molecule has 116 valence electrons. The van der Waals surface area contributed by atoms with E-state index in [2.05, 4.69) is 59.2 Å². The molecule has 4 aromatic rings. The van der Waals surface area contributed by atoms with Crippen LogP contribution in [0.15, 0.2) is 67.1 Å². The highest BCUT2D eigenvalue weighted by Gasteiger charge is 2.07. The Morgan fingerprint density at radius 2 is 1.67 bits per heavy atom. The van der Waals surface area contributed by atoms with Gasteiger partial charge in [0.1, 0.15) is 0 Å². The Morgan fingerprint density at radius 1 is 0.917 bits per heavy atom. The van der Waals surface area contributed by atoms with Crippen molar-refractivity contribution in [3.63, 3.8) is 0 Å². The smallest absolute Gasteiger partial charge is 0.0991 e. The molecule has 0 unspecified atom stereocenters. The summed E-state index contributed by atoms with van der Waals surface area (Å²) in [6.07, 6.45) is 6.10. The van der Waals surface area contributed by atoms with E-state index in [9.17, 15) is 0 Å². The minimum atomic E-state index is 0.673. The van der Waals surface area contributed by atoms with Gasteiger partial charge in [0.15, 0.2) is 0 Å². The molecule has 0 saturated carbocycles. The van der Waals surface area contributed by atoms with E-state index in [0.29, 0.717) is 5.56 Å². The van der Waals surface area contributed by atoms with Crippen LogP contribution in [-0.4, -0.2) is 14.2 Å². The van der Waals surface area contributed by atoms with Crippen LogP contribution < -0.4 is 0 Å². The number of nitriles is 1. The predicted octanol–water partition coefficient (Wildman–Crippen LogP) is 4.36. The highest BCUT2D eigenvalue weighted by molar-refractivity contribution is 5.71. The molecule has 0 atom stereocenters. The molecular formula is C20H16N4. The average molecular weight is 312 g/mol. The molecule has 4 rings (SSSR count). The molecule has 1 aromatic carbocycles. The van der Waals surface area contributed by atoms with Gasteiger partial charge in [0.05, 0.1) is 23.5 Å². The van der Waals surface area contributed by atoms with Crippen LogP contribution in [0.2, 0.25) is 0 Å². The summed E-state index contributed by atoms with van der Waals surface area (Å²) in [5.41, 5.74) is 6.26. The number of hydrogen-bond donors (Lipinski definition) is 0. The average Bonchev–Trinajstić information content (AvgIpc) is 3.28. The first kappa shape index (κ1) is 14.3. The molecule has 3 aromatic heterocycles. The number of nitrogens with zero attached hydrogens (tertiary/aromatic N) is 4. The summed E-state index contributed by atoms with van der Waals surface area (Å²) < 4.78 is 4.11. The topological polar surface area (TPSA) is 46.0 Å². The van der Waals surface area contributed by atoms with Crippen molar-refractivity contribution >= 4 is 5.52 Å². The van der Waals surface area contributed by atoms with Crippen LogP contribution >= 0.6 is 0 Å². The third-order valence-electron chi connectivity index (χ3n) is 4.25. The van der Waals surface area contributed by atoms with E-state index in [1.54, 1.807) is 0 Å². The molecule has 3 heterocycles. The van der Waals surface area contributed by atoms with E-state index >= 15 is 0 Å². The molecule has 4 heteroatoms. The van der Waals surface area contributed by atoms with Crippen LogP contribution in [0.3, 0.4) is 0 Å². The van der Waals surface area contributed by atoms with Crippen molar-refractivity contribution in [2.75, 3.05) is 0 Å². The summed E-state index contributed by atoms with van der Waals surface area (Å²) in [6.45, 7) is 2.94. The molecular weight excluding hydrogens is 296 g/mol. The molecule has 0 N–H and O–H groups in total. The minimum absolute atomic E-state index is 0.673. The Bertz CT molecular complexity index is 1050. The molecule has 0 aliphatic carbocycles. The summed E-state index contributed by atoms with van der Waals surface area (Å²) in [7, 11) is 0. The SMILES string of the molecule is CCn1cc(-c2ccc3ccc(-c4ccc(C#N)cc4)n3c2)cn1. The van der Waals surface area contributed by atoms with Crippen molar-refractivity contribution in [2.24, 2.45) is 0 Å². The lowest BCUT2D eigenvalue weighted by Crippen LogP contribution is -1.92. The van der Waals surface area contributed by atoms with Crippen molar-refractivity contribution in [1.82, 2.24) is 14.2 Å². The molecule has 0 amide bonds. The van der Waals surface area contributed by atoms with E-state index in [0.717, 1.165) is 34.4 Å². The van der Waals surface area contributed by atoms with E-state index in [1.807, 2.05) is 35.1 Å². The van der Waals surface area contributed by atoms with Gasteiger partial charge in [-0.2, -0.15) is 10.4 Å². The van der Waals surface area contributed by atoms with Crippen molar-refractivity contribution in [3.8, 4) is 28.5 Å². The minimum Gasteiger partial charge on any atom is -0.316 e. The fraction of sp³-hybridized carbons (Fsp3) is 0.100. The van der Waals surface area contributed by atoms with Gasteiger partial charge in [-0.15, -0.1) is 0 Å². The molecule has 4 nitrogen and oxygen atoms in total. The number of aromatic nitrogens is 3. The fourth-order valence-corrected chi connectivity index (χ4v) is 2.91. The second-order valence-electron chi connectivity index (χ2n) is 5.71. The highest BCUT2D eigenvalue weighted by atomic mass is 15.3. The Labute approximate surface area is 140 Å². The number of hydrogen-bond acceptors (Lipinski definition) is 2. The van der Waals surface area contributed by atoms with Crippen molar-refractivity contribution in [3.05, 3.63) is 72.7 Å². The number of aryl methyl sites for hydroxylation is 1. The van der Waals surface area contributed by atoms with Crippen molar-refractivity contribution in [2.45, 2.75) is 13.5 Å².